The second-order valence-corrected chi connectivity index (χ2v) is 6.25. The topological polar surface area (TPSA) is 54.0 Å². The Morgan fingerprint density at radius 1 is 1.00 bits per heavy atom. The minimum Gasteiger partial charge on any atom is -0.378 e. The third-order valence-corrected chi connectivity index (χ3v) is 4.76. The molecule has 25 heavy (non-hydrogen) atoms. The van der Waals surface area contributed by atoms with Crippen molar-refractivity contribution in [2.24, 2.45) is 0 Å². The third kappa shape index (κ3) is 2.44. The smallest absolute Gasteiger partial charge is 0.138 e. The molecule has 1 N–H and O–H groups in total. The van der Waals surface area contributed by atoms with Crippen LogP contribution >= 0.6 is 0 Å². The molecule has 1 aliphatic heterocycles. The van der Waals surface area contributed by atoms with Gasteiger partial charge in [0.05, 0.1) is 24.4 Å². The summed E-state index contributed by atoms with van der Waals surface area (Å²) in [5.41, 5.74) is 4.17. The number of H-pyrrole nitrogens is 1. The van der Waals surface area contributed by atoms with Crippen LogP contribution in [0.2, 0.25) is 0 Å². The van der Waals surface area contributed by atoms with Crippen LogP contribution < -0.4 is 4.90 Å². The maximum atomic E-state index is 5.51. The van der Waals surface area contributed by atoms with Crippen molar-refractivity contribution in [2.75, 3.05) is 31.2 Å². The Bertz CT molecular complexity index is 1050. The van der Waals surface area contributed by atoms with Crippen molar-refractivity contribution in [2.45, 2.75) is 0 Å². The monoisotopic (exact) mass is 330 g/mol. The molecule has 1 fully saturated rings. The maximum Gasteiger partial charge on any atom is 0.138 e. The first-order valence-electron chi connectivity index (χ1n) is 8.55. The van der Waals surface area contributed by atoms with Gasteiger partial charge in [0.2, 0.25) is 0 Å². The molecule has 5 nitrogen and oxygen atoms in total. The normalized spacial score (nSPS) is 15.1. The Morgan fingerprint density at radius 3 is 2.84 bits per heavy atom. The molecule has 0 spiro atoms. The van der Waals surface area contributed by atoms with Crippen LogP contribution in [0.5, 0.6) is 0 Å². The number of anilines is 1. The van der Waals surface area contributed by atoms with Gasteiger partial charge >= 0.3 is 0 Å². The quantitative estimate of drug-likeness (QED) is 0.610. The number of pyridine rings is 2. The average molecular weight is 330 g/mol. The Labute approximate surface area is 145 Å². The van der Waals surface area contributed by atoms with Crippen LogP contribution in [0, 0.1) is 0 Å². The lowest BCUT2D eigenvalue weighted by Gasteiger charge is -2.29. The number of nitrogens with one attached hydrogen (secondary N) is 1. The third-order valence-electron chi connectivity index (χ3n) is 4.76. The average Bonchev–Trinajstić information content (AvgIpc) is 3.16. The van der Waals surface area contributed by atoms with E-state index < -0.39 is 0 Å². The summed E-state index contributed by atoms with van der Waals surface area (Å²) in [4.78, 5) is 15.2. The Hall–Kier alpha value is -2.92. The number of hydrogen-bond donors (Lipinski definition) is 1. The van der Waals surface area contributed by atoms with Gasteiger partial charge in [-0.3, -0.25) is 4.98 Å². The van der Waals surface area contributed by atoms with E-state index >= 15 is 0 Å². The van der Waals surface area contributed by atoms with E-state index in [0.29, 0.717) is 0 Å². The molecule has 0 atom stereocenters. The summed E-state index contributed by atoms with van der Waals surface area (Å²) in [6, 6.07) is 14.5. The second kappa shape index (κ2) is 5.86. The summed E-state index contributed by atoms with van der Waals surface area (Å²) >= 11 is 0. The number of nitrogens with zero attached hydrogens (tertiary/aromatic N) is 3. The highest BCUT2D eigenvalue weighted by Crippen LogP contribution is 2.32. The van der Waals surface area contributed by atoms with Crippen molar-refractivity contribution in [3.8, 4) is 11.3 Å². The molecule has 1 aliphatic rings. The van der Waals surface area contributed by atoms with E-state index in [0.717, 1.165) is 59.8 Å². The summed E-state index contributed by atoms with van der Waals surface area (Å²) in [6.45, 7) is 3.19. The van der Waals surface area contributed by atoms with Gasteiger partial charge in [0.25, 0.3) is 0 Å². The molecule has 5 rings (SSSR count). The maximum absolute atomic E-state index is 5.51. The molecule has 5 heteroatoms. The number of hydrogen-bond acceptors (Lipinski definition) is 4. The fraction of sp³-hybridized carbons (Fsp3) is 0.200. The van der Waals surface area contributed by atoms with Crippen molar-refractivity contribution in [3.05, 3.63) is 54.9 Å². The van der Waals surface area contributed by atoms with Crippen LogP contribution in [0.1, 0.15) is 0 Å². The van der Waals surface area contributed by atoms with Crippen molar-refractivity contribution < 1.29 is 4.74 Å². The molecular weight excluding hydrogens is 312 g/mol. The van der Waals surface area contributed by atoms with Gasteiger partial charge in [0, 0.05) is 47.3 Å². The lowest BCUT2D eigenvalue weighted by atomic mass is 10.1. The van der Waals surface area contributed by atoms with Crippen molar-refractivity contribution in [1.82, 2.24) is 15.0 Å². The second-order valence-electron chi connectivity index (χ2n) is 6.25. The van der Waals surface area contributed by atoms with Crippen LogP contribution in [-0.4, -0.2) is 41.3 Å². The van der Waals surface area contributed by atoms with Gasteiger partial charge in [0.1, 0.15) is 5.82 Å². The van der Waals surface area contributed by atoms with E-state index in [4.69, 9.17) is 9.72 Å². The number of rotatable bonds is 2. The molecule has 4 aromatic rings. The molecule has 0 saturated carbocycles. The van der Waals surface area contributed by atoms with E-state index in [1.54, 1.807) is 0 Å². The Morgan fingerprint density at radius 2 is 1.92 bits per heavy atom. The van der Waals surface area contributed by atoms with Crippen LogP contribution in [0.15, 0.2) is 54.9 Å². The minimum absolute atomic E-state index is 0.737. The van der Waals surface area contributed by atoms with Gasteiger partial charge < -0.3 is 14.6 Å². The van der Waals surface area contributed by atoms with Gasteiger partial charge in [0.15, 0.2) is 0 Å². The van der Waals surface area contributed by atoms with Crippen molar-refractivity contribution >= 4 is 27.6 Å². The zero-order valence-corrected chi connectivity index (χ0v) is 13.8. The van der Waals surface area contributed by atoms with Crippen molar-refractivity contribution in [3.63, 3.8) is 0 Å². The van der Waals surface area contributed by atoms with Crippen molar-refractivity contribution in [1.29, 1.82) is 0 Å². The van der Waals surface area contributed by atoms with Gasteiger partial charge in [-0.1, -0.05) is 12.1 Å². The molecule has 1 aromatic carbocycles. The molecule has 0 bridgehead atoms. The Balaban J connectivity index is 1.75. The zero-order chi connectivity index (χ0) is 16.6. The van der Waals surface area contributed by atoms with Crippen LogP contribution in [0.4, 0.5) is 5.82 Å². The largest absolute Gasteiger partial charge is 0.378 e. The zero-order valence-electron chi connectivity index (χ0n) is 13.8. The fourth-order valence-corrected chi connectivity index (χ4v) is 3.52. The number of morpholine rings is 1. The lowest BCUT2D eigenvalue weighted by Crippen LogP contribution is -2.37. The number of fused-ring (bicyclic) bond motifs is 2. The number of benzene rings is 1. The van der Waals surface area contributed by atoms with E-state index in [1.165, 1.54) is 5.39 Å². The van der Waals surface area contributed by atoms with Gasteiger partial charge in [-0.05, 0) is 30.3 Å². The Kier molecular flexibility index (Phi) is 3.38. The molecule has 4 heterocycles. The molecule has 0 aliphatic carbocycles. The SMILES string of the molecule is c1cc(-c2cc3ncccc3c(N3CCOCC3)n2)c2cc[nH]c2c1. The first-order valence-corrected chi connectivity index (χ1v) is 8.55. The summed E-state index contributed by atoms with van der Waals surface area (Å²) in [6.07, 6.45) is 3.81. The molecular formula is C20H18N4O. The predicted octanol–water partition coefficient (Wildman–Crippen LogP) is 3.61. The number of aromatic amines is 1. The van der Waals surface area contributed by atoms with Gasteiger partial charge in [-0.25, -0.2) is 4.98 Å². The molecule has 0 radical (unpaired) electrons. The van der Waals surface area contributed by atoms with Gasteiger partial charge in [-0.2, -0.15) is 0 Å². The number of ether oxygens (including phenoxy) is 1. The molecule has 0 amide bonds. The van der Waals surface area contributed by atoms with E-state index in [2.05, 4.69) is 51.3 Å². The molecule has 0 unspecified atom stereocenters. The standard InChI is InChI=1S/C20H18N4O/c1-3-14(15-6-8-22-17(15)5-1)19-13-18-16(4-2-7-21-18)20(23-19)24-9-11-25-12-10-24/h1-8,13,22H,9-12H2. The van der Waals surface area contributed by atoms with E-state index in [9.17, 15) is 0 Å². The highest BCUT2D eigenvalue weighted by Gasteiger charge is 2.18. The van der Waals surface area contributed by atoms with Gasteiger partial charge in [-0.15, -0.1) is 0 Å². The highest BCUT2D eigenvalue weighted by molar-refractivity contribution is 5.98. The predicted molar refractivity (Wildman–Crippen MR) is 99.9 cm³/mol. The van der Waals surface area contributed by atoms with E-state index in [1.807, 2.05) is 18.5 Å². The van der Waals surface area contributed by atoms with Crippen LogP contribution in [0.25, 0.3) is 33.1 Å². The number of aromatic nitrogens is 3. The molecule has 3 aromatic heterocycles. The summed E-state index contributed by atoms with van der Waals surface area (Å²) in [5, 5.41) is 2.27. The first-order chi connectivity index (χ1) is 12.4. The fourth-order valence-electron chi connectivity index (χ4n) is 3.52. The summed E-state index contributed by atoms with van der Waals surface area (Å²) in [5.74, 6) is 0.997. The molecule has 124 valence electrons. The van der Waals surface area contributed by atoms with Crippen LogP contribution in [0.3, 0.4) is 0 Å². The minimum atomic E-state index is 0.737. The first kappa shape index (κ1) is 14.4. The summed E-state index contributed by atoms with van der Waals surface area (Å²) in [7, 11) is 0. The van der Waals surface area contributed by atoms with E-state index in [-0.39, 0.29) is 0 Å². The highest BCUT2D eigenvalue weighted by atomic mass is 16.5. The van der Waals surface area contributed by atoms with Crippen LogP contribution in [-0.2, 0) is 4.74 Å². The summed E-state index contributed by atoms with van der Waals surface area (Å²) < 4.78 is 5.51. The lowest BCUT2D eigenvalue weighted by molar-refractivity contribution is 0.122. The molecule has 1 saturated heterocycles.